The molecule has 35 heavy (non-hydrogen) atoms. The number of hydrogen-bond donors (Lipinski definition) is 0. The van der Waals surface area contributed by atoms with Gasteiger partial charge < -0.3 is 4.90 Å². The third kappa shape index (κ3) is 20.9. The first-order valence-corrected chi connectivity index (χ1v) is 16.1. The molecule has 0 saturated heterocycles. The molecular formula is C30H57NO3S. The van der Waals surface area contributed by atoms with Crippen molar-refractivity contribution in [2.45, 2.75) is 135 Å². The number of benzene rings is 1. The second-order valence-electron chi connectivity index (χ2n) is 9.67. The molecule has 0 N–H and O–H groups in total. The fourth-order valence-corrected chi connectivity index (χ4v) is 4.86. The molecule has 0 unspecified atom stereocenters. The van der Waals surface area contributed by atoms with Crippen LogP contribution in [-0.4, -0.2) is 39.6 Å². The Morgan fingerprint density at radius 1 is 0.571 bits per heavy atom. The molecule has 0 saturated carbocycles. The van der Waals surface area contributed by atoms with Crippen LogP contribution in [-0.2, 0) is 14.3 Å². The highest BCUT2D eigenvalue weighted by molar-refractivity contribution is 7.86. The Morgan fingerprint density at radius 3 is 1.40 bits per heavy atom. The van der Waals surface area contributed by atoms with Gasteiger partial charge in [-0.05, 0) is 57.5 Å². The van der Waals surface area contributed by atoms with Gasteiger partial charge in [0.15, 0.2) is 0 Å². The van der Waals surface area contributed by atoms with Gasteiger partial charge in [-0.3, -0.25) is 4.18 Å². The van der Waals surface area contributed by atoms with E-state index in [9.17, 15) is 8.42 Å². The summed E-state index contributed by atoms with van der Waals surface area (Å²) in [6, 6.07) is 8.33. The molecule has 5 heteroatoms. The summed E-state index contributed by atoms with van der Waals surface area (Å²) < 4.78 is 28.8. The topological polar surface area (TPSA) is 46.6 Å². The molecule has 206 valence electrons. The summed E-state index contributed by atoms with van der Waals surface area (Å²) in [5, 5.41) is 0. The molecule has 0 heterocycles. The second kappa shape index (κ2) is 24.8. The first kappa shape index (κ1) is 34.1. The van der Waals surface area contributed by atoms with E-state index in [-0.39, 0.29) is 11.5 Å². The summed E-state index contributed by atoms with van der Waals surface area (Å²) in [5.74, 6) is 0. The summed E-state index contributed by atoms with van der Waals surface area (Å²) in [4.78, 5) is 2.87. The monoisotopic (exact) mass is 511 g/mol. The smallest absolute Gasteiger partial charge is 0.296 e. The van der Waals surface area contributed by atoms with Gasteiger partial charge in [0.1, 0.15) is 0 Å². The first-order chi connectivity index (χ1) is 17.0. The zero-order valence-electron chi connectivity index (χ0n) is 23.6. The Morgan fingerprint density at radius 2 is 0.971 bits per heavy atom. The third-order valence-corrected chi connectivity index (χ3v) is 7.58. The Labute approximate surface area is 219 Å². The van der Waals surface area contributed by atoms with Gasteiger partial charge in [-0.15, -0.1) is 0 Å². The van der Waals surface area contributed by atoms with Gasteiger partial charge in [-0.25, -0.2) is 0 Å². The number of hydrogen-bond acceptors (Lipinski definition) is 4. The lowest BCUT2D eigenvalue weighted by atomic mass is 10.1. The minimum Gasteiger partial charge on any atom is -0.303 e. The second-order valence-corrected chi connectivity index (χ2v) is 11.3. The SMILES string of the molecule is CCCCCCCCCCCCOS(=O)(=O)c1ccccc1.CCCCN(CCCC)CCCC. The normalized spacial score (nSPS) is 11.5. The van der Waals surface area contributed by atoms with E-state index >= 15 is 0 Å². The molecule has 1 rings (SSSR count). The maximum atomic E-state index is 11.9. The van der Waals surface area contributed by atoms with Crippen LogP contribution in [0.5, 0.6) is 0 Å². The Bertz CT molecular complexity index is 630. The number of unbranched alkanes of at least 4 members (excludes halogenated alkanes) is 12. The fraction of sp³-hybridized carbons (Fsp3) is 0.800. The minimum atomic E-state index is -3.57. The van der Waals surface area contributed by atoms with E-state index in [1.165, 1.54) is 110 Å². The first-order valence-electron chi connectivity index (χ1n) is 14.7. The Kier molecular flexibility index (Phi) is 24.1. The van der Waals surface area contributed by atoms with Gasteiger partial charge in [-0.1, -0.05) is 123 Å². The zero-order valence-corrected chi connectivity index (χ0v) is 24.4. The molecule has 4 nitrogen and oxygen atoms in total. The van der Waals surface area contributed by atoms with Gasteiger partial charge in [0, 0.05) is 0 Å². The van der Waals surface area contributed by atoms with Crippen LogP contribution in [0.1, 0.15) is 130 Å². The van der Waals surface area contributed by atoms with Crippen LogP contribution >= 0.6 is 0 Å². The van der Waals surface area contributed by atoms with Gasteiger partial charge in [0.25, 0.3) is 10.1 Å². The molecule has 0 fully saturated rings. The van der Waals surface area contributed by atoms with Crippen molar-refractivity contribution in [2.75, 3.05) is 26.2 Å². The predicted molar refractivity (Wildman–Crippen MR) is 153 cm³/mol. The molecule has 1 aromatic rings. The summed E-state index contributed by atoms with van der Waals surface area (Å²) in [7, 11) is -3.57. The van der Waals surface area contributed by atoms with Crippen LogP contribution < -0.4 is 0 Å². The van der Waals surface area contributed by atoms with Crippen molar-refractivity contribution in [3.05, 3.63) is 30.3 Å². The predicted octanol–water partition coefficient (Wildman–Crippen LogP) is 9.00. The average Bonchev–Trinajstić information content (AvgIpc) is 2.87. The van der Waals surface area contributed by atoms with Gasteiger partial charge in [0.2, 0.25) is 0 Å². The molecule has 0 atom stereocenters. The maximum Gasteiger partial charge on any atom is 0.296 e. The number of rotatable bonds is 22. The van der Waals surface area contributed by atoms with Crippen LogP contribution in [0.2, 0.25) is 0 Å². The standard InChI is InChI=1S/C18H30O3S.C12H27N/c1-2-3-4-5-6-7-8-9-10-14-17-21-22(19,20)18-15-12-11-13-16-18;1-4-7-10-13(11-8-5-2)12-9-6-3/h11-13,15-16H,2-10,14,17H2,1H3;4-12H2,1-3H3. The quantitative estimate of drug-likeness (QED) is 0.115. The molecule has 0 aromatic heterocycles. The van der Waals surface area contributed by atoms with E-state index in [0.717, 1.165) is 12.8 Å². The highest BCUT2D eigenvalue weighted by atomic mass is 32.2. The van der Waals surface area contributed by atoms with Gasteiger partial charge in [-0.2, -0.15) is 8.42 Å². The van der Waals surface area contributed by atoms with Gasteiger partial charge in [0.05, 0.1) is 11.5 Å². The average molecular weight is 512 g/mol. The van der Waals surface area contributed by atoms with Crippen molar-refractivity contribution in [3.8, 4) is 0 Å². The van der Waals surface area contributed by atoms with Crippen molar-refractivity contribution in [1.82, 2.24) is 4.90 Å². The third-order valence-electron chi connectivity index (χ3n) is 6.25. The molecule has 0 bridgehead atoms. The van der Waals surface area contributed by atoms with Crippen molar-refractivity contribution in [3.63, 3.8) is 0 Å². The molecule has 0 amide bonds. The molecule has 0 aliphatic carbocycles. The van der Waals surface area contributed by atoms with Crippen molar-refractivity contribution in [1.29, 1.82) is 0 Å². The maximum absolute atomic E-state index is 11.9. The van der Waals surface area contributed by atoms with Crippen LogP contribution in [0.3, 0.4) is 0 Å². The molecule has 0 spiro atoms. The van der Waals surface area contributed by atoms with Crippen LogP contribution in [0.25, 0.3) is 0 Å². The Hall–Kier alpha value is -0.910. The lowest BCUT2D eigenvalue weighted by Crippen LogP contribution is -2.27. The van der Waals surface area contributed by atoms with Crippen molar-refractivity contribution >= 4 is 10.1 Å². The van der Waals surface area contributed by atoms with Gasteiger partial charge >= 0.3 is 0 Å². The van der Waals surface area contributed by atoms with E-state index in [1.807, 2.05) is 0 Å². The van der Waals surface area contributed by atoms with Crippen molar-refractivity contribution in [2.24, 2.45) is 0 Å². The van der Waals surface area contributed by atoms with Crippen molar-refractivity contribution < 1.29 is 12.6 Å². The lowest BCUT2D eigenvalue weighted by molar-refractivity contribution is 0.261. The number of nitrogens with zero attached hydrogens (tertiary/aromatic N) is 1. The van der Waals surface area contributed by atoms with Crippen LogP contribution in [0.15, 0.2) is 35.2 Å². The highest BCUT2D eigenvalue weighted by Gasteiger charge is 2.13. The molecular weight excluding hydrogens is 454 g/mol. The van der Waals surface area contributed by atoms with E-state index in [2.05, 4.69) is 32.6 Å². The highest BCUT2D eigenvalue weighted by Crippen LogP contribution is 2.14. The lowest BCUT2D eigenvalue weighted by Gasteiger charge is -2.21. The van der Waals surface area contributed by atoms with E-state index < -0.39 is 10.1 Å². The van der Waals surface area contributed by atoms with E-state index in [1.54, 1.807) is 30.3 Å². The molecule has 0 radical (unpaired) electrons. The molecule has 0 aliphatic heterocycles. The fourth-order valence-electron chi connectivity index (χ4n) is 3.89. The van der Waals surface area contributed by atoms with Crippen LogP contribution in [0, 0.1) is 0 Å². The largest absolute Gasteiger partial charge is 0.303 e. The zero-order chi connectivity index (χ0) is 26.0. The molecule has 0 aliphatic rings. The van der Waals surface area contributed by atoms with E-state index in [4.69, 9.17) is 4.18 Å². The summed E-state index contributed by atoms with van der Waals surface area (Å²) >= 11 is 0. The van der Waals surface area contributed by atoms with Crippen LogP contribution in [0.4, 0.5) is 0 Å². The molecule has 1 aromatic carbocycles. The summed E-state index contributed by atoms with van der Waals surface area (Å²) in [6.45, 7) is 13.3. The summed E-state index contributed by atoms with van der Waals surface area (Å²) in [6.07, 6.45) is 20.4. The van der Waals surface area contributed by atoms with E-state index in [0.29, 0.717) is 0 Å². The Balaban J connectivity index is 0.000000761. The summed E-state index contributed by atoms with van der Waals surface area (Å²) in [5.41, 5.74) is 0. The minimum absolute atomic E-state index is 0.238.